The Morgan fingerprint density at radius 2 is 1.96 bits per heavy atom. The Hall–Kier alpha value is -1.98. The lowest BCUT2D eigenvalue weighted by Gasteiger charge is -2.29. The minimum absolute atomic E-state index is 0.0119. The summed E-state index contributed by atoms with van der Waals surface area (Å²) in [6.07, 6.45) is 2.02. The van der Waals surface area contributed by atoms with Crippen LogP contribution in [0.2, 0.25) is 0 Å². The van der Waals surface area contributed by atoms with Gasteiger partial charge in [0.15, 0.2) is 0 Å². The van der Waals surface area contributed by atoms with Gasteiger partial charge in [-0.05, 0) is 43.9 Å². The second-order valence-corrected chi connectivity index (χ2v) is 6.79. The fraction of sp³-hybridized carbons (Fsp3) is 0.471. The van der Waals surface area contributed by atoms with Gasteiger partial charge in [0, 0.05) is 28.8 Å². The molecule has 3 nitrogen and oxygen atoms in total. The normalized spacial score (nSPS) is 28.9. The van der Waals surface area contributed by atoms with E-state index in [9.17, 15) is 18.0 Å². The van der Waals surface area contributed by atoms with Crippen LogP contribution in [0.15, 0.2) is 24.3 Å². The first-order valence-electron chi connectivity index (χ1n) is 7.86. The number of alkyl halides is 2. The van der Waals surface area contributed by atoms with Crippen molar-refractivity contribution in [1.82, 2.24) is 10.3 Å². The zero-order chi connectivity index (χ0) is 16.2. The molecule has 23 heavy (non-hydrogen) atoms. The first-order valence-corrected chi connectivity index (χ1v) is 7.86. The first-order chi connectivity index (χ1) is 10.9. The molecule has 0 saturated heterocycles. The van der Waals surface area contributed by atoms with Gasteiger partial charge in [-0.1, -0.05) is 6.07 Å². The molecule has 2 aromatic rings. The Morgan fingerprint density at radius 3 is 2.57 bits per heavy atom. The maximum absolute atomic E-state index is 13.7. The smallest absolute Gasteiger partial charge is 0.267 e. The van der Waals surface area contributed by atoms with Crippen LogP contribution in [-0.2, 0) is 0 Å². The lowest BCUT2D eigenvalue weighted by atomic mass is 9.83. The molecule has 122 valence electrons. The number of halogens is 3. The summed E-state index contributed by atoms with van der Waals surface area (Å²) in [6.45, 7) is 0. The molecule has 1 spiro atoms. The third-order valence-corrected chi connectivity index (χ3v) is 5.34. The van der Waals surface area contributed by atoms with E-state index < -0.39 is 11.3 Å². The number of aromatic amines is 1. The van der Waals surface area contributed by atoms with Crippen molar-refractivity contribution in [2.45, 2.75) is 44.1 Å². The van der Waals surface area contributed by atoms with E-state index in [1.807, 2.05) is 0 Å². The molecule has 1 aromatic carbocycles. The van der Waals surface area contributed by atoms with Gasteiger partial charge in [0.1, 0.15) is 11.5 Å². The first kappa shape index (κ1) is 14.6. The van der Waals surface area contributed by atoms with E-state index in [4.69, 9.17) is 0 Å². The molecule has 0 unspecified atom stereocenters. The third kappa shape index (κ3) is 2.31. The van der Waals surface area contributed by atoms with E-state index in [0.29, 0.717) is 42.3 Å². The minimum Gasteiger partial charge on any atom is -0.350 e. The zero-order valence-electron chi connectivity index (χ0n) is 12.5. The van der Waals surface area contributed by atoms with Crippen LogP contribution in [0.4, 0.5) is 13.2 Å². The topological polar surface area (TPSA) is 44.9 Å². The second-order valence-electron chi connectivity index (χ2n) is 6.79. The molecule has 1 amide bonds. The van der Waals surface area contributed by atoms with Crippen LogP contribution in [0, 0.1) is 11.2 Å². The van der Waals surface area contributed by atoms with Crippen molar-refractivity contribution in [3.63, 3.8) is 0 Å². The molecule has 2 saturated carbocycles. The predicted octanol–water partition coefficient (Wildman–Crippen LogP) is 4.00. The number of fused-ring (bicyclic) bond motifs is 1. The van der Waals surface area contributed by atoms with Gasteiger partial charge in [-0.2, -0.15) is 0 Å². The quantitative estimate of drug-likeness (QED) is 0.862. The lowest BCUT2D eigenvalue weighted by Crippen LogP contribution is -2.39. The van der Waals surface area contributed by atoms with Crippen LogP contribution in [0.5, 0.6) is 0 Å². The van der Waals surface area contributed by atoms with Gasteiger partial charge in [-0.25, -0.2) is 13.2 Å². The molecule has 2 aliphatic rings. The monoisotopic (exact) mass is 322 g/mol. The van der Waals surface area contributed by atoms with Gasteiger partial charge in [0.25, 0.3) is 11.8 Å². The second kappa shape index (κ2) is 4.76. The number of hydrogen-bond donors (Lipinski definition) is 2. The van der Waals surface area contributed by atoms with E-state index >= 15 is 0 Å². The highest BCUT2D eigenvalue weighted by atomic mass is 19.3. The molecular formula is C17H17F3N2O. The molecule has 6 heteroatoms. The van der Waals surface area contributed by atoms with Gasteiger partial charge >= 0.3 is 0 Å². The highest BCUT2D eigenvalue weighted by molar-refractivity contribution is 5.98. The maximum atomic E-state index is 13.7. The van der Waals surface area contributed by atoms with Gasteiger partial charge < -0.3 is 10.3 Å². The Labute approximate surface area is 131 Å². The molecule has 2 fully saturated rings. The van der Waals surface area contributed by atoms with Crippen molar-refractivity contribution >= 4 is 16.8 Å². The molecule has 0 bridgehead atoms. The number of rotatable bonds is 2. The van der Waals surface area contributed by atoms with Crippen molar-refractivity contribution < 1.29 is 18.0 Å². The molecule has 0 radical (unpaired) electrons. The van der Waals surface area contributed by atoms with Crippen LogP contribution in [0.25, 0.3) is 10.9 Å². The van der Waals surface area contributed by atoms with Crippen molar-refractivity contribution in [3.8, 4) is 0 Å². The summed E-state index contributed by atoms with van der Waals surface area (Å²) >= 11 is 0. The SMILES string of the molecule is O=C(NC1CCC2(CC1)CC2(F)F)c1cc2c(F)cccc2[nH]1. The summed E-state index contributed by atoms with van der Waals surface area (Å²) in [4.78, 5) is 15.2. The number of H-pyrrole nitrogens is 1. The summed E-state index contributed by atoms with van der Waals surface area (Å²) in [6, 6.07) is 6.01. The fourth-order valence-corrected chi connectivity index (χ4v) is 3.74. The van der Waals surface area contributed by atoms with E-state index in [-0.39, 0.29) is 24.2 Å². The summed E-state index contributed by atoms with van der Waals surface area (Å²) in [5.74, 6) is -3.21. The summed E-state index contributed by atoms with van der Waals surface area (Å²) in [5.41, 5.74) is 0.0517. The molecule has 1 aromatic heterocycles. The number of carbonyl (C=O) groups excluding carboxylic acids is 1. The number of carbonyl (C=O) groups is 1. The van der Waals surface area contributed by atoms with Crippen molar-refractivity contribution in [2.24, 2.45) is 5.41 Å². The van der Waals surface area contributed by atoms with E-state index in [0.717, 1.165) is 0 Å². The molecule has 4 rings (SSSR count). The van der Waals surface area contributed by atoms with Crippen LogP contribution < -0.4 is 5.32 Å². The summed E-state index contributed by atoms with van der Waals surface area (Å²) in [5, 5.41) is 3.24. The molecule has 2 aliphatic carbocycles. The highest BCUT2D eigenvalue weighted by Gasteiger charge is 2.70. The van der Waals surface area contributed by atoms with Crippen LogP contribution in [0.1, 0.15) is 42.6 Å². The molecule has 0 atom stereocenters. The average molecular weight is 322 g/mol. The van der Waals surface area contributed by atoms with Gasteiger partial charge in [-0.3, -0.25) is 4.79 Å². The molecule has 0 aliphatic heterocycles. The standard InChI is InChI=1S/C17H17F3N2O/c18-12-2-1-3-13-11(12)8-14(22-13)15(23)21-10-4-6-16(7-5-10)9-17(16,19)20/h1-3,8,10,22H,4-7,9H2,(H,21,23). The molecule has 2 N–H and O–H groups in total. The summed E-state index contributed by atoms with van der Waals surface area (Å²) < 4.78 is 40.4. The number of nitrogens with one attached hydrogen (secondary N) is 2. The Morgan fingerprint density at radius 1 is 1.26 bits per heavy atom. The van der Waals surface area contributed by atoms with Crippen molar-refractivity contribution in [2.75, 3.05) is 0 Å². The van der Waals surface area contributed by atoms with Crippen LogP contribution in [0.3, 0.4) is 0 Å². The lowest BCUT2D eigenvalue weighted by molar-refractivity contribution is 0.0435. The van der Waals surface area contributed by atoms with Gasteiger partial charge in [-0.15, -0.1) is 0 Å². The Kier molecular flexibility index (Phi) is 3.02. The van der Waals surface area contributed by atoms with Crippen molar-refractivity contribution in [3.05, 3.63) is 35.8 Å². The number of aromatic nitrogens is 1. The molecular weight excluding hydrogens is 305 g/mol. The zero-order valence-corrected chi connectivity index (χ0v) is 12.5. The van der Waals surface area contributed by atoms with E-state index in [1.165, 1.54) is 12.1 Å². The van der Waals surface area contributed by atoms with Gasteiger partial charge in [0.05, 0.1) is 0 Å². The maximum Gasteiger partial charge on any atom is 0.267 e. The Bertz CT molecular complexity index is 775. The number of amides is 1. The van der Waals surface area contributed by atoms with Crippen LogP contribution >= 0.6 is 0 Å². The van der Waals surface area contributed by atoms with Crippen molar-refractivity contribution in [1.29, 1.82) is 0 Å². The highest BCUT2D eigenvalue weighted by Crippen LogP contribution is 2.67. The largest absolute Gasteiger partial charge is 0.350 e. The average Bonchev–Trinajstić information content (AvgIpc) is 2.86. The van der Waals surface area contributed by atoms with E-state index in [2.05, 4.69) is 10.3 Å². The summed E-state index contributed by atoms with van der Waals surface area (Å²) in [7, 11) is 0. The fourth-order valence-electron chi connectivity index (χ4n) is 3.74. The van der Waals surface area contributed by atoms with Crippen LogP contribution in [-0.4, -0.2) is 22.9 Å². The number of benzene rings is 1. The van der Waals surface area contributed by atoms with Gasteiger partial charge in [0.2, 0.25) is 0 Å². The Balaban J connectivity index is 1.43. The minimum atomic E-state index is -2.52. The third-order valence-electron chi connectivity index (χ3n) is 5.34. The predicted molar refractivity (Wildman–Crippen MR) is 80.0 cm³/mol. The number of hydrogen-bond acceptors (Lipinski definition) is 1. The van der Waals surface area contributed by atoms with E-state index in [1.54, 1.807) is 12.1 Å². The molecule has 1 heterocycles.